The van der Waals surface area contributed by atoms with Gasteiger partial charge in [-0.3, -0.25) is 9.80 Å². The molecule has 0 saturated carbocycles. The Bertz CT molecular complexity index is 793. The Balaban J connectivity index is 1.16. The Labute approximate surface area is 188 Å². The van der Waals surface area contributed by atoms with Crippen LogP contribution >= 0.6 is 0 Å². The molecule has 31 heavy (non-hydrogen) atoms. The van der Waals surface area contributed by atoms with E-state index in [-0.39, 0.29) is 0 Å². The number of sulfone groups is 1. The fourth-order valence-corrected chi connectivity index (χ4v) is 5.96. The average molecular weight is 450 g/mol. The topological polar surface area (TPSA) is 53.1 Å². The summed E-state index contributed by atoms with van der Waals surface area (Å²) in [5.74, 6) is 0.674. The van der Waals surface area contributed by atoms with E-state index in [1.807, 2.05) is 12.1 Å². The number of nitrogens with zero attached hydrogens (tertiary/aromatic N) is 3. The molecule has 0 radical (unpaired) electrons. The summed E-state index contributed by atoms with van der Waals surface area (Å²) in [5.41, 5.74) is 1.19. The zero-order valence-electron chi connectivity index (χ0n) is 19.0. The number of fused-ring (bicyclic) bond motifs is 1. The van der Waals surface area contributed by atoms with Crippen LogP contribution in [0.3, 0.4) is 0 Å². The molecule has 0 spiro atoms. The van der Waals surface area contributed by atoms with Gasteiger partial charge in [0, 0.05) is 51.6 Å². The molecule has 0 aliphatic carbocycles. The zero-order valence-corrected chi connectivity index (χ0v) is 19.9. The first-order valence-electron chi connectivity index (χ1n) is 12.0. The normalized spacial score (nSPS) is 26.6. The van der Waals surface area contributed by atoms with Crippen LogP contribution in [0.15, 0.2) is 29.2 Å². The summed E-state index contributed by atoms with van der Waals surface area (Å²) in [6, 6.07) is 8.03. The number of piperidine rings is 2. The first kappa shape index (κ1) is 23.2. The molecule has 2 atom stereocenters. The van der Waals surface area contributed by atoms with E-state index in [0.29, 0.717) is 16.9 Å². The molecule has 3 heterocycles. The predicted molar refractivity (Wildman–Crippen MR) is 124 cm³/mol. The molecule has 1 aromatic rings. The van der Waals surface area contributed by atoms with Crippen LogP contribution in [0.4, 0.5) is 0 Å². The highest BCUT2D eigenvalue weighted by molar-refractivity contribution is 7.90. The Morgan fingerprint density at radius 2 is 1.71 bits per heavy atom. The molecule has 3 saturated heterocycles. The lowest BCUT2D eigenvalue weighted by Gasteiger charge is -2.46. The predicted octanol–water partition coefficient (Wildman–Crippen LogP) is 2.49. The Hall–Kier alpha value is -0.990. The minimum absolute atomic E-state index is 0.400. The monoisotopic (exact) mass is 449 g/mol. The summed E-state index contributed by atoms with van der Waals surface area (Å²) < 4.78 is 29.4. The minimum Gasteiger partial charge on any atom is -0.380 e. The van der Waals surface area contributed by atoms with Crippen LogP contribution in [-0.4, -0.2) is 94.4 Å². The summed E-state index contributed by atoms with van der Waals surface area (Å²) in [6.07, 6.45) is 7.87. The van der Waals surface area contributed by atoms with Gasteiger partial charge in [-0.15, -0.1) is 0 Å². The molecule has 4 rings (SSSR count). The van der Waals surface area contributed by atoms with Crippen molar-refractivity contribution in [2.45, 2.75) is 49.6 Å². The molecule has 0 bridgehead atoms. The standard InChI is InChI=1S/C24H39N3O3S/c1-31(28,29)24-9-6-21(7-10-24)17-26-13-14-27-18-22(5-8-23(27)19-26)20-30-16-15-25-11-3-2-4-12-25/h6-7,9-10,22-23H,2-5,8,11-20H2,1H3. The van der Waals surface area contributed by atoms with Crippen LogP contribution in [0.25, 0.3) is 0 Å². The van der Waals surface area contributed by atoms with Crippen molar-refractivity contribution >= 4 is 9.84 Å². The maximum Gasteiger partial charge on any atom is 0.175 e. The van der Waals surface area contributed by atoms with Crippen LogP contribution < -0.4 is 0 Å². The third-order valence-corrected chi connectivity index (χ3v) is 8.33. The van der Waals surface area contributed by atoms with Crippen molar-refractivity contribution in [3.63, 3.8) is 0 Å². The smallest absolute Gasteiger partial charge is 0.175 e. The second-order valence-electron chi connectivity index (χ2n) is 9.72. The van der Waals surface area contributed by atoms with Crippen molar-refractivity contribution in [2.75, 3.05) is 65.3 Å². The van der Waals surface area contributed by atoms with Crippen LogP contribution in [0.1, 0.15) is 37.7 Å². The number of hydrogen-bond donors (Lipinski definition) is 0. The molecule has 2 unspecified atom stereocenters. The van der Waals surface area contributed by atoms with Gasteiger partial charge in [-0.1, -0.05) is 18.6 Å². The lowest BCUT2D eigenvalue weighted by molar-refractivity contribution is -0.00532. The molecular formula is C24H39N3O3S. The van der Waals surface area contributed by atoms with E-state index in [4.69, 9.17) is 4.74 Å². The fraction of sp³-hybridized carbons (Fsp3) is 0.750. The molecular weight excluding hydrogens is 410 g/mol. The molecule has 6 nitrogen and oxygen atoms in total. The third kappa shape index (κ3) is 6.75. The van der Waals surface area contributed by atoms with E-state index in [1.54, 1.807) is 12.1 Å². The van der Waals surface area contributed by atoms with Crippen LogP contribution in [0.2, 0.25) is 0 Å². The van der Waals surface area contributed by atoms with Crippen molar-refractivity contribution < 1.29 is 13.2 Å². The molecule has 0 aromatic heterocycles. The quantitative estimate of drug-likeness (QED) is 0.569. The fourth-order valence-electron chi connectivity index (χ4n) is 5.33. The van der Waals surface area contributed by atoms with Gasteiger partial charge in [0.2, 0.25) is 0 Å². The largest absolute Gasteiger partial charge is 0.380 e. The van der Waals surface area contributed by atoms with Gasteiger partial charge in [-0.05, 0) is 62.4 Å². The first-order chi connectivity index (χ1) is 15.0. The first-order valence-corrected chi connectivity index (χ1v) is 13.9. The van der Waals surface area contributed by atoms with Crippen molar-refractivity contribution in [1.82, 2.24) is 14.7 Å². The molecule has 3 fully saturated rings. The van der Waals surface area contributed by atoms with Crippen LogP contribution in [0.5, 0.6) is 0 Å². The van der Waals surface area contributed by atoms with Gasteiger partial charge in [0.1, 0.15) is 0 Å². The van der Waals surface area contributed by atoms with E-state index < -0.39 is 9.84 Å². The summed E-state index contributed by atoms with van der Waals surface area (Å²) in [5, 5.41) is 0. The average Bonchev–Trinajstić information content (AvgIpc) is 2.77. The number of rotatable bonds is 8. The van der Waals surface area contributed by atoms with E-state index >= 15 is 0 Å². The Morgan fingerprint density at radius 1 is 0.935 bits per heavy atom. The molecule has 7 heteroatoms. The number of ether oxygens (including phenoxy) is 1. The van der Waals surface area contributed by atoms with Gasteiger partial charge < -0.3 is 9.64 Å². The molecule has 3 aliphatic heterocycles. The van der Waals surface area contributed by atoms with E-state index in [9.17, 15) is 8.42 Å². The summed E-state index contributed by atoms with van der Waals surface area (Å²) in [7, 11) is -3.12. The van der Waals surface area contributed by atoms with Gasteiger partial charge in [0.05, 0.1) is 18.1 Å². The molecule has 1 aromatic carbocycles. The molecule has 174 valence electrons. The van der Waals surface area contributed by atoms with Gasteiger partial charge in [0.25, 0.3) is 0 Å². The van der Waals surface area contributed by atoms with Gasteiger partial charge >= 0.3 is 0 Å². The van der Waals surface area contributed by atoms with Gasteiger partial charge in [-0.2, -0.15) is 0 Å². The van der Waals surface area contributed by atoms with E-state index in [1.165, 1.54) is 63.6 Å². The lowest BCUT2D eigenvalue weighted by atomic mass is 9.91. The molecule has 0 amide bonds. The van der Waals surface area contributed by atoms with Gasteiger partial charge in [-0.25, -0.2) is 8.42 Å². The third-order valence-electron chi connectivity index (χ3n) is 7.20. The molecule has 0 N–H and O–H groups in total. The highest BCUT2D eigenvalue weighted by Gasteiger charge is 2.32. The SMILES string of the molecule is CS(=O)(=O)c1ccc(CN2CCN3CC(COCCN4CCCCC4)CCC3C2)cc1. The van der Waals surface area contributed by atoms with E-state index in [0.717, 1.165) is 45.9 Å². The Morgan fingerprint density at radius 3 is 2.45 bits per heavy atom. The maximum absolute atomic E-state index is 11.6. The van der Waals surface area contributed by atoms with Crippen LogP contribution in [0, 0.1) is 5.92 Å². The summed E-state index contributed by atoms with van der Waals surface area (Å²) in [6.45, 7) is 10.8. The zero-order chi connectivity index (χ0) is 21.7. The Kier molecular flexibility index (Phi) is 8.04. The summed E-state index contributed by atoms with van der Waals surface area (Å²) in [4.78, 5) is 8.14. The number of piperazine rings is 1. The second-order valence-corrected chi connectivity index (χ2v) is 11.7. The second kappa shape index (κ2) is 10.8. The highest BCUT2D eigenvalue weighted by atomic mass is 32.2. The van der Waals surface area contributed by atoms with E-state index in [2.05, 4.69) is 14.7 Å². The maximum atomic E-state index is 11.6. The van der Waals surface area contributed by atoms with Gasteiger partial charge in [0.15, 0.2) is 9.84 Å². The number of benzene rings is 1. The van der Waals surface area contributed by atoms with Crippen molar-refractivity contribution in [2.24, 2.45) is 5.92 Å². The van der Waals surface area contributed by atoms with Crippen LogP contribution in [-0.2, 0) is 21.1 Å². The van der Waals surface area contributed by atoms with Crippen molar-refractivity contribution in [1.29, 1.82) is 0 Å². The summed E-state index contributed by atoms with van der Waals surface area (Å²) >= 11 is 0. The van der Waals surface area contributed by atoms with Crippen molar-refractivity contribution in [3.8, 4) is 0 Å². The highest BCUT2D eigenvalue weighted by Crippen LogP contribution is 2.26. The minimum atomic E-state index is -3.12. The van der Waals surface area contributed by atoms with Crippen molar-refractivity contribution in [3.05, 3.63) is 29.8 Å². The lowest BCUT2D eigenvalue weighted by Crippen LogP contribution is -2.56. The number of hydrogen-bond acceptors (Lipinski definition) is 6. The number of likely N-dealkylation sites (tertiary alicyclic amines) is 1. The molecule has 3 aliphatic rings.